The van der Waals surface area contributed by atoms with Crippen LogP contribution in [0.1, 0.15) is 19.3 Å². The van der Waals surface area contributed by atoms with E-state index in [1.54, 1.807) is 0 Å². The van der Waals surface area contributed by atoms with Crippen LogP contribution in [-0.2, 0) is 4.74 Å². The van der Waals surface area contributed by atoms with Crippen LogP contribution in [0, 0.1) is 0 Å². The molecule has 1 saturated heterocycles. The molecule has 1 aliphatic carbocycles. The molecule has 0 aromatic heterocycles. The minimum atomic E-state index is 0.0537. The zero-order valence-corrected chi connectivity index (χ0v) is 12.1. The minimum absolute atomic E-state index is 0.0537. The Morgan fingerprint density at radius 3 is 2.75 bits per heavy atom. The SMILES string of the molecule is C=C(/C=C(/COC1CC1)N=C(N)N)N1CC[C@@H](NC)C1. The van der Waals surface area contributed by atoms with Crippen LogP contribution in [0.25, 0.3) is 0 Å². The summed E-state index contributed by atoms with van der Waals surface area (Å²) >= 11 is 0. The standard InChI is InChI=1S/C14H25N5O/c1-10(19-6-5-11(8-19)17-2)7-12(18-14(15)16)9-20-13-3-4-13/h7,11,13,17H,1,3-6,8-9H2,2H3,(H4,15,16,18)/b12-7-/t11-/m1/s1. The van der Waals surface area contributed by atoms with Crippen molar-refractivity contribution in [2.75, 3.05) is 26.7 Å². The van der Waals surface area contributed by atoms with E-state index >= 15 is 0 Å². The molecule has 20 heavy (non-hydrogen) atoms. The number of nitrogens with two attached hydrogens (primary N) is 2. The summed E-state index contributed by atoms with van der Waals surface area (Å²) in [6.45, 7) is 6.51. The van der Waals surface area contributed by atoms with Crippen molar-refractivity contribution >= 4 is 5.96 Å². The van der Waals surface area contributed by atoms with Gasteiger partial charge in [-0.05, 0) is 32.4 Å². The molecule has 2 aliphatic rings. The van der Waals surface area contributed by atoms with Gasteiger partial charge in [0.05, 0.1) is 18.4 Å². The first-order valence-electron chi connectivity index (χ1n) is 7.11. The van der Waals surface area contributed by atoms with Crippen molar-refractivity contribution in [1.29, 1.82) is 0 Å². The summed E-state index contributed by atoms with van der Waals surface area (Å²) in [6.07, 6.45) is 5.68. The summed E-state index contributed by atoms with van der Waals surface area (Å²) in [7, 11) is 1.99. The van der Waals surface area contributed by atoms with Crippen LogP contribution in [0.2, 0.25) is 0 Å². The lowest BCUT2D eigenvalue weighted by atomic mass is 10.3. The lowest BCUT2D eigenvalue weighted by Gasteiger charge is -2.19. The van der Waals surface area contributed by atoms with E-state index in [0.29, 0.717) is 18.8 Å². The second-order valence-corrected chi connectivity index (χ2v) is 5.39. The van der Waals surface area contributed by atoms with Gasteiger partial charge < -0.3 is 26.4 Å². The molecule has 1 aliphatic heterocycles. The van der Waals surface area contributed by atoms with Gasteiger partial charge in [-0.1, -0.05) is 6.58 Å². The fourth-order valence-corrected chi connectivity index (χ4v) is 2.25. The van der Waals surface area contributed by atoms with Crippen molar-refractivity contribution in [2.45, 2.75) is 31.4 Å². The average Bonchev–Trinajstić information content (AvgIpc) is 3.10. The Hall–Kier alpha value is -1.53. The minimum Gasteiger partial charge on any atom is -0.372 e. The van der Waals surface area contributed by atoms with E-state index in [0.717, 1.165) is 43.7 Å². The summed E-state index contributed by atoms with van der Waals surface area (Å²) in [4.78, 5) is 6.37. The number of guanidine groups is 1. The number of hydrogen-bond acceptors (Lipinski definition) is 4. The third kappa shape index (κ3) is 4.54. The van der Waals surface area contributed by atoms with E-state index in [9.17, 15) is 0 Å². The molecule has 0 unspecified atom stereocenters. The molecule has 0 radical (unpaired) electrons. The van der Waals surface area contributed by atoms with Crippen molar-refractivity contribution in [3.05, 3.63) is 24.0 Å². The lowest BCUT2D eigenvalue weighted by Crippen LogP contribution is -2.29. The van der Waals surface area contributed by atoms with Gasteiger partial charge in [0, 0.05) is 24.8 Å². The zero-order valence-electron chi connectivity index (χ0n) is 12.1. The van der Waals surface area contributed by atoms with Crippen LogP contribution < -0.4 is 16.8 Å². The number of rotatable bonds is 7. The van der Waals surface area contributed by atoms with Gasteiger partial charge in [-0.2, -0.15) is 0 Å². The predicted octanol–water partition coefficient (Wildman–Crippen LogP) is 0.130. The summed E-state index contributed by atoms with van der Waals surface area (Å²) in [5, 5.41) is 3.29. The predicted molar refractivity (Wildman–Crippen MR) is 81.0 cm³/mol. The Labute approximate surface area is 120 Å². The van der Waals surface area contributed by atoms with Crippen molar-refractivity contribution in [3.8, 4) is 0 Å². The van der Waals surface area contributed by atoms with E-state index in [1.807, 2.05) is 13.1 Å². The maximum Gasteiger partial charge on any atom is 0.190 e. The number of nitrogens with zero attached hydrogens (tertiary/aromatic N) is 2. The largest absolute Gasteiger partial charge is 0.372 e. The fraction of sp³-hybridized carbons (Fsp3) is 0.643. The average molecular weight is 279 g/mol. The van der Waals surface area contributed by atoms with Crippen molar-refractivity contribution in [1.82, 2.24) is 10.2 Å². The highest BCUT2D eigenvalue weighted by molar-refractivity contribution is 5.76. The number of ether oxygens (including phenoxy) is 1. The van der Waals surface area contributed by atoms with Gasteiger partial charge >= 0.3 is 0 Å². The third-order valence-electron chi connectivity index (χ3n) is 3.60. The Morgan fingerprint density at radius 2 is 2.20 bits per heavy atom. The molecule has 2 rings (SSSR count). The number of allylic oxidation sites excluding steroid dienone is 1. The van der Waals surface area contributed by atoms with Gasteiger partial charge in [0.15, 0.2) is 5.96 Å². The molecule has 1 saturated carbocycles. The summed E-state index contributed by atoms with van der Waals surface area (Å²) < 4.78 is 5.66. The van der Waals surface area contributed by atoms with E-state index in [4.69, 9.17) is 16.2 Å². The van der Waals surface area contributed by atoms with Gasteiger partial charge in [-0.3, -0.25) is 0 Å². The van der Waals surface area contributed by atoms with E-state index in [1.165, 1.54) is 0 Å². The van der Waals surface area contributed by atoms with Gasteiger partial charge in [0.2, 0.25) is 0 Å². The number of nitrogens with one attached hydrogen (secondary N) is 1. The molecule has 6 heteroatoms. The monoisotopic (exact) mass is 279 g/mol. The van der Waals surface area contributed by atoms with Crippen LogP contribution in [0.15, 0.2) is 29.0 Å². The molecule has 1 heterocycles. The Morgan fingerprint density at radius 1 is 1.45 bits per heavy atom. The number of likely N-dealkylation sites (N-methyl/N-ethyl adjacent to an activating group) is 1. The topological polar surface area (TPSA) is 88.9 Å². The molecule has 112 valence electrons. The molecule has 2 fully saturated rings. The molecule has 0 aromatic carbocycles. The fourth-order valence-electron chi connectivity index (χ4n) is 2.25. The maximum absolute atomic E-state index is 5.66. The molecular weight excluding hydrogens is 254 g/mol. The molecule has 0 aromatic rings. The summed E-state index contributed by atoms with van der Waals surface area (Å²) in [5.41, 5.74) is 12.6. The van der Waals surface area contributed by atoms with Gasteiger partial charge in [-0.25, -0.2) is 4.99 Å². The molecular formula is C14H25N5O. The van der Waals surface area contributed by atoms with Crippen LogP contribution >= 0.6 is 0 Å². The lowest BCUT2D eigenvalue weighted by molar-refractivity contribution is 0.140. The zero-order chi connectivity index (χ0) is 14.5. The second kappa shape index (κ2) is 6.76. The van der Waals surface area contributed by atoms with Gasteiger partial charge in [-0.15, -0.1) is 0 Å². The maximum atomic E-state index is 5.66. The van der Waals surface area contributed by atoms with Crippen molar-refractivity contribution in [3.63, 3.8) is 0 Å². The highest BCUT2D eigenvalue weighted by Crippen LogP contribution is 2.24. The molecule has 0 spiro atoms. The molecule has 0 amide bonds. The van der Waals surface area contributed by atoms with Gasteiger partial charge in [0.25, 0.3) is 0 Å². The smallest absolute Gasteiger partial charge is 0.190 e. The normalized spacial score (nSPS) is 22.9. The number of aliphatic imine (C=N–C) groups is 1. The van der Waals surface area contributed by atoms with Crippen LogP contribution in [-0.4, -0.2) is 49.7 Å². The number of likely N-dealkylation sites (tertiary alicyclic amines) is 1. The van der Waals surface area contributed by atoms with Crippen LogP contribution in [0.4, 0.5) is 0 Å². The number of hydrogen-bond donors (Lipinski definition) is 3. The molecule has 1 atom stereocenters. The Bertz CT molecular complexity index is 410. The first kappa shape index (κ1) is 14.9. The van der Waals surface area contributed by atoms with E-state index in [-0.39, 0.29) is 5.96 Å². The quantitative estimate of drug-likeness (QED) is 0.350. The van der Waals surface area contributed by atoms with Gasteiger partial charge in [0.1, 0.15) is 0 Å². The second-order valence-electron chi connectivity index (χ2n) is 5.39. The van der Waals surface area contributed by atoms with Crippen molar-refractivity contribution < 1.29 is 4.74 Å². The van der Waals surface area contributed by atoms with E-state index in [2.05, 4.69) is 21.8 Å². The Balaban J connectivity index is 1.94. The summed E-state index contributed by atoms with van der Waals surface area (Å²) in [5.74, 6) is 0.0537. The Kier molecular flexibility index (Phi) is 5.03. The van der Waals surface area contributed by atoms with Crippen LogP contribution in [0.5, 0.6) is 0 Å². The third-order valence-corrected chi connectivity index (χ3v) is 3.60. The highest BCUT2D eigenvalue weighted by Gasteiger charge is 2.23. The first-order valence-corrected chi connectivity index (χ1v) is 7.11. The van der Waals surface area contributed by atoms with Crippen LogP contribution in [0.3, 0.4) is 0 Å². The molecule has 6 nitrogen and oxygen atoms in total. The molecule has 5 N–H and O–H groups in total. The first-order chi connectivity index (χ1) is 9.58. The van der Waals surface area contributed by atoms with Crippen molar-refractivity contribution in [2.24, 2.45) is 16.5 Å². The summed E-state index contributed by atoms with van der Waals surface area (Å²) in [6, 6.07) is 0.523. The highest BCUT2D eigenvalue weighted by atomic mass is 16.5. The molecule has 0 bridgehead atoms. The van der Waals surface area contributed by atoms with E-state index < -0.39 is 0 Å².